The minimum Gasteiger partial charge on any atom is -0.493 e. The van der Waals surface area contributed by atoms with Crippen LogP contribution in [0, 0.1) is 18.3 Å². The van der Waals surface area contributed by atoms with Crippen molar-refractivity contribution in [2.45, 2.75) is 51.0 Å². The molecule has 190 valence electrons. The molecule has 0 fully saturated rings. The molecular weight excluding hydrogens is 474 g/mol. The molecule has 2 aromatic rings. The number of pyridine rings is 1. The van der Waals surface area contributed by atoms with Crippen LogP contribution in [-0.4, -0.2) is 49.6 Å². The molecular formula is C23H31N5O6S. The van der Waals surface area contributed by atoms with Gasteiger partial charge in [0.25, 0.3) is 5.56 Å². The number of aromatic hydroxyl groups is 1. The van der Waals surface area contributed by atoms with Gasteiger partial charge in [0.2, 0.25) is 15.9 Å². The number of aromatic nitrogens is 1. The summed E-state index contributed by atoms with van der Waals surface area (Å²) in [5.41, 5.74) is -0.133. The number of unbranched alkanes of at least 4 members (excludes halogenated alkanes) is 3. The summed E-state index contributed by atoms with van der Waals surface area (Å²) in [6.07, 6.45) is 3.57. The third kappa shape index (κ3) is 7.69. The van der Waals surface area contributed by atoms with Gasteiger partial charge in [-0.3, -0.25) is 9.36 Å². The zero-order valence-electron chi connectivity index (χ0n) is 19.9. The summed E-state index contributed by atoms with van der Waals surface area (Å²) in [6, 6.07) is 7.48. The minimum absolute atomic E-state index is 0.0119. The number of hydrogen-bond donors (Lipinski definition) is 3. The van der Waals surface area contributed by atoms with Gasteiger partial charge in [0.15, 0.2) is 5.69 Å². The van der Waals surface area contributed by atoms with Crippen molar-refractivity contribution in [3.63, 3.8) is 0 Å². The number of azo groups is 1. The van der Waals surface area contributed by atoms with Gasteiger partial charge in [-0.25, -0.2) is 13.1 Å². The Kier molecular flexibility index (Phi) is 11.0. The van der Waals surface area contributed by atoms with Crippen molar-refractivity contribution >= 4 is 21.4 Å². The van der Waals surface area contributed by atoms with Gasteiger partial charge in [0, 0.05) is 18.7 Å². The second kappa shape index (κ2) is 13.7. The lowest BCUT2D eigenvalue weighted by Crippen LogP contribution is -2.27. The highest BCUT2D eigenvalue weighted by Crippen LogP contribution is 2.32. The van der Waals surface area contributed by atoms with Crippen LogP contribution in [0.5, 0.6) is 5.88 Å². The van der Waals surface area contributed by atoms with E-state index in [2.05, 4.69) is 21.9 Å². The fraction of sp³-hybridized carbons (Fsp3) is 0.478. The smallest absolute Gasteiger partial charge is 0.271 e. The van der Waals surface area contributed by atoms with Crippen molar-refractivity contribution in [1.82, 2.24) is 9.29 Å². The molecule has 35 heavy (non-hydrogen) atoms. The van der Waals surface area contributed by atoms with Gasteiger partial charge in [-0.2, -0.15) is 10.4 Å². The van der Waals surface area contributed by atoms with E-state index in [-0.39, 0.29) is 60.5 Å². The van der Waals surface area contributed by atoms with Gasteiger partial charge in [0.1, 0.15) is 11.6 Å². The maximum atomic E-state index is 12.6. The zero-order valence-corrected chi connectivity index (χ0v) is 20.7. The van der Waals surface area contributed by atoms with E-state index in [1.165, 1.54) is 31.2 Å². The van der Waals surface area contributed by atoms with Crippen molar-refractivity contribution in [3.05, 3.63) is 45.7 Å². The molecule has 12 heteroatoms. The molecule has 0 spiro atoms. The molecule has 0 radical (unpaired) electrons. The number of rotatable bonds is 14. The van der Waals surface area contributed by atoms with Gasteiger partial charge >= 0.3 is 0 Å². The Morgan fingerprint density at radius 3 is 2.49 bits per heavy atom. The Bertz CT molecular complexity index is 1220. The number of sulfonamides is 1. The van der Waals surface area contributed by atoms with Crippen LogP contribution in [0.4, 0.5) is 11.4 Å². The van der Waals surface area contributed by atoms with Gasteiger partial charge in [-0.1, -0.05) is 26.2 Å². The van der Waals surface area contributed by atoms with Crippen LogP contribution >= 0.6 is 0 Å². The molecule has 0 bridgehead atoms. The van der Waals surface area contributed by atoms with Crippen molar-refractivity contribution in [2.75, 3.05) is 26.4 Å². The fourth-order valence-corrected chi connectivity index (χ4v) is 4.27. The van der Waals surface area contributed by atoms with Gasteiger partial charge in [-0.15, -0.1) is 5.11 Å². The lowest BCUT2D eigenvalue weighted by Gasteiger charge is -2.13. The van der Waals surface area contributed by atoms with Crippen LogP contribution in [0.25, 0.3) is 0 Å². The second-order valence-electron chi connectivity index (χ2n) is 7.73. The molecule has 0 atom stereocenters. The number of nitrogens with zero attached hydrogens (tertiary/aromatic N) is 4. The van der Waals surface area contributed by atoms with E-state index in [4.69, 9.17) is 9.84 Å². The van der Waals surface area contributed by atoms with Gasteiger partial charge in [0.05, 0.1) is 30.4 Å². The molecule has 0 aliphatic carbocycles. The van der Waals surface area contributed by atoms with Crippen LogP contribution in [0.1, 0.15) is 43.7 Å². The molecule has 11 nitrogen and oxygen atoms in total. The van der Waals surface area contributed by atoms with E-state index in [1.54, 1.807) is 0 Å². The quantitative estimate of drug-likeness (QED) is 0.262. The lowest BCUT2D eigenvalue weighted by molar-refractivity contribution is 0.0961. The highest BCUT2D eigenvalue weighted by Gasteiger charge is 2.19. The molecule has 1 aromatic carbocycles. The van der Waals surface area contributed by atoms with E-state index in [9.17, 15) is 23.6 Å². The first kappa shape index (κ1) is 28.1. The molecule has 3 N–H and O–H groups in total. The Balaban J connectivity index is 2.23. The van der Waals surface area contributed by atoms with Crippen LogP contribution in [0.3, 0.4) is 0 Å². The molecule has 2 rings (SSSR count). The van der Waals surface area contributed by atoms with E-state index in [0.717, 1.165) is 23.8 Å². The summed E-state index contributed by atoms with van der Waals surface area (Å²) in [5.74, 6) is -0.362. The SMILES string of the molecule is CCCCCCn1c(O)c(/N=N/c2ccc(S(=O)(=O)NCCOCCO)cc2)c(C)c(C#N)c1=O. The van der Waals surface area contributed by atoms with Crippen molar-refractivity contribution in [1.29, 1.82) is 5.26 Å². The van der Waals surface area contributed by atoms with E-state index in [0.29, 0.717) is 12.1 Å². The highest BCUT2D eigenvalue weighted by atomic mass is 32.2. The Morgan fingerprint density at radius 2 is 1.86 bits per heavy atom. The maximum Gasteiger partial charge on any atom is 0.271 e. The van der Waals surface area contributed by atoms with Crippen molar-refractivity contribution < 1.29 is 23.4 Å². The molecule has 0 saturated heterocycles. The summed E-state index contributed by atoms with van der Waals surface area (Å²) in [4.78, 5) is 12.6. The summed E-state index contributed by atoms with van der Waals surface area (Å²) in [5, 5.41) is 36.9. The zero-order chi connectivity index (χ0) is 25.8. The van der Waals surface area contributed by atoms with Crippen LogP contribution < -0.4 is 10.3 Å². The molecule has 0 aliphatic heterocycles. The molecule has 1 aromatic heterocycles. The molecule has 0 unspecified atom stereocenters. The second-order valence-corrected chi connectivity index (χ2v) is 9.50. The Hall–Kier alpha value is -3.11. The van der Waals surface area contributed by atoms with Crippen LogP contribution in [-0.2, 0) is 21.3 Å². The van der Waals surface area contributed by atoms with E-state index >= 15 is 0 Å². The van der Waals surface area contributed by atoms with E-state index in [1.807, 2.05) is 6.07 Å². The van der Waals surface area contributed by atoms with Crippen molar-refractivity contribution in [3.8, 4) is 11.9 Å². The lowest BCUT2D eigenvalue weighted by atomic mass is 10.1. The number of ether oxygens (including phenoxy) is 1. The third-order valence-electron chi connectivity index (χ3n) is 5.19. The average molecular weight is 506 g/mol. The summed E-state index contributed by atoms with van der Waals surface area (Å²) < 4.78 is 33.2. The number of nitriles is 1. The summed E-state index contributed by atoms with van der Waals surface area (Å²) in [6.45, 7) is 4.00. The van der Waals surface area contributed by atoms with Crippen molar-refractivity contribution in [2.24, 2.45) is 10.2 Å². The van der Waals surface area contributed by atoms with Crippen LogP contribution in [0.15, 0.2) is 44.2 Å². The minimum atomic E-state index is -3.76. The normalized spacial score (nSPS) is 11.7. The summed E-state index contributed by atoms with van der Waals surface area (Å²) >= 11 is 0. The predicted molar refractivity (Wildman–Crippen MR) is 130 cm³/mol. The maximum absolute atomic E-state index is 12.6. The first-order valence-corrected chi connectivity index (χ1v) is 12.8. The van der Waals surface area contributed by atoms with E-state index < -0.39 is 15.6 Å². The highest BCUT2D eigenvalue weighted by molar-refractivity contribution is 7.89. The monoisotopic (exact) mass is 505 g/mol. The number of aliphatic hydroxyl groups excluding tert-OH is 1. The van der Waals surface area contributed by atoms with Gasteiger partial charge in [-0.05, 0) is 37.6 Å². The largest absolute Gasteiger partial charge is 0.493 e. The molecule has 0 amide bonds. The standard InChI is InChI=1S/C23H31N5O6S/c1-3-4-5-6-12-28-22(30)20(16-24)17(2)21(23(28)31)27-26-18-7-9-19(10-8-18)35(32,33)25-11-14-34-15-13-29/h7-10,25,29,31H,3-6,11-15H2,1-2H3/b27-26+. The molecule has 0 aliphatic rings. The summed E-state index contributed by atoms with van der Waals surface area (Å²) in [7, 11) is -3.76. The first-order valence-electron chi connectivity index (χ1n) is 11.3. The predicted octanol–water partition coefficient (Wildman–Crippen LogP) is 3.02. The fourth-order valence-electron chi connectivity index (χ4n) is 3.26. The number of aliphatic hydroxyl groups is 1. The molecule has 1 heterocycles. The van der Waals surface area contributed by atoms with Crippen LogP contribution in [0.2, 0.25) is 0 Å². The Morgan fingerprint density at radius 1 is 1.14 bits per heavy atom. The third-order valence-corrected chi connectivity index (χ3v) is 6.67. The van der Waals surface area contributed by atoms with Gasteiger partial charge < -0.3 is 14.9 Å². The number of nitrogens with one attached hydrogen (secondary N) is 1. The Labute approximate surface area is 204 Å². The first-order chi connectivity index (χ1) is 16.8. The number of benzene rings is 1. The topological polar surface area (TPSA) is 166 Å². The number of hydrogen-bond acceptors (Lipinski definition) is 9. The average Bonchev–Trinajstić information content (AvgIpc) is 2.84. The molecule has 0 saturated carbocycles.